The normalized spacial score (nSPS) is 12.0. The molecular formula is C18H16ClN3O2. The predicted molar refractivity (Wildman–Crippen MR) is 91.8 cm³/mol. The fourth-order valence-electron chi connectivity index (χ4n) is 2.33. The van der Waals surface area contributed by atoms with E-state index in [1.54, 1.807) is 19.1 Å². The van der Waals surface area contributed by atoms with Crippen LogP contribution in [0.15, 0.2) is 53.1 Å². The molecule has 1 amide bonds. The van der Waals surface area contributed by atoms with E-state index in [0.29, 0.717) is 27.9 Å². The zero-order valence-electron chi connectivity index (χ0n) is 13.3. The maximum Gasteiger partial charge on any atom is 0.252 e. The second-order valence-corrected chi connectivity index (χ2v) is 5.85. The van der Waals surface area contributed by atoms with E-state index in [0.717, 1.165) is 5.56 Å². The number of hydrogen-bond donors (Lipinski definition) is 1. The first-order valence-corrected chi connectivity index (χ1v) is 7.89. The largest absolute Gasteiger partial charge is 0.341 e. The highest BCUT2D eigenvalue weighted by Gasteiger charge is 2.19. The molecule has 0 spiro atoms. The number of nitrogens with zero attached hydrogens (tertiary/aromatic N) is 2. The maximum atomic E-state index is 12.4. The van der Waals surface area contributed by atoms with Crippen molar-refractivity contribution in [3.63, 3.8) is 0 Å². The van der Waals surface area contributed by atoms with Gasteiger partial charge in [0, 0.05) is 11.1 Å². The monoisotopic (exact) mass is 341 g/mol. The third-order valence-corrected chi connectivity index (χ3v) is 3.99. The van der Waals surface area contributed by atoms with E-state index in [9.17, 15) is 4.79 Å². The average molecular weight is 342 g/mol. The summed E-state index contributed by atoms with van der Waals surface area (Å²) < 4.78 is 5.27. The van der Waals surface area contributed by atoms with E-state index in [2.05, 4.69) is 15.5 Å². The van der Waals surface area contributed by atoms with Crippen LogP contribution in [0.3, 0.4) is 0 Å². The minimum atomic E-state index is -0.416. The molecule has 1 N–H and O–H groups in total. The van der Waals surface area contributed by atoms with Crippen molar-refractivity contribution in [3.05, 3.63) is 70.6 Å². The highest BCUT2D eigenvalue weighted by atomic mass is 35.5. The van der Waals surface area contributed by atoms with E-state index in [4.69, 9.17) is 16.1 Å². The topological polar surface area (TPSA) is 68.0 Å². The number of halogens is 1. The summed E-state index contributed by atoms with van der Waals surface area (Å²) in [4.78, 5) is 16.7. The summed E-state index contributed by atoms with van der Waals surface area (Å²) in [7, 11) is 0. The molecule has 1 heterocycles. The molecule has 1 atom stereocenters. The lowest BCUT2D eigenvalue weighted by molar-refractivity contribution is 0.0932. The Morgan fingerprint density at radius 2 is 1.88 bits per heavy atom. The van der Waals surface area contributed by atoms with Crippen molar-refractivity contribution in [2.24, 2.45) is 0 Å². The zero-order chi connectivity index (χ0) is 17.1. The molecule has 0 fully saturated rings. The number of aromatic nitrogens is 2. The van der Waals surface area contributed by atoms with E-state index in [1.807, 2.05) is 43.3 Å². The molecule has 3 aromatic rings. The summed E-state index contributed by atoms with van der Waals surface area (Å²) in [5.41, 5.74) is 2.21. The van der Waals surface area contributed by atoms with Gasteiger partial charge in [0.1, 0.15) is 6.04 Å². The van der Waals surface area contributed by atoms with Gasteiger partial charge in [0.25, 0.3) is 5.91 Å². The Morgan fingerprint density at radius 1 is 1.17 bits per heavy atom. The predicted octanol–water partition coefficient (Wildman–Crippen LogP) is 4.19. The number of aryl methyl sites for hydroxylation is 1. The molecule has 0 aliphatic carbocycles. The lowest BCUT2D eigenvalue weighted by Crippen LogP contribution is -2.27. The van der Waals surface area contributed by atoms with Crippen LogP contribution in [-0.2, 0) is 0 Å². The van der Waals surface area contributed by atoms with Crippen LogP contribution in [0.5, 0.6) is 0 Å². The zero-order valence-corrected chi connectivity index (χ0v) is 14.0. The highest BCUT2D eigenvalue weighted by molar-refractivity contribution is 6.33. The van der Waals surface area contributed by atoms with E-state index >= 15 is 0 Å². The van der Waals surface area contributed by atoms with Gasteiger partial charge in [-0.15, -0.1) is 0 Å². The minimum absolute atomic E-state index is 0.182. The first kappa shape index (κ1) is 16.2. The van der Waals surface area contributed by atoms with Gasteiger partial charge in [-0.2, -0.15) is 4.98 Å². The van der Waals surface area contributed by atoms with Crippen LogP contribution in [0.25, 0.3) is 11.4 Å². The van der Waals surface area contributed by atoms with Crippen LogP contribution < -0.4 is 5.32 Å². The van der Waals surface area contributed by atoms with Crippen LogP contribution in [-0.4, -0.2) is 16.0 Å². The standard InChI is InChI=1S/C18H16ClN3O2/c1-11-7-3-4-8-13(11)17(23)20-12(2)18-21-16(22-24-18)14-9-5-6-10-15(14)19/h3-10,12H,1-2H3,(H,20,23). The van der Waals surface area contributed by atoms with E-state index in [1.165, 1.54) is 0 Å². The van der Waals surface area contributed by atoms with Gasteiger partial charge in [-0.25, -0.2) is 0 Å². The van der Waals surface area contributed by atoms with Crippen LogP contribution >= 0.6 is 11.6 Å². The van der Waals surface area contributed by atoms with Gasteiger partial charge in [0.05, 0.1) is 5.02 Å². The lowest BCUT2D eigenvalue weighted by atomic mass is 10.1. The second-order valence-electron chi connectivity index (χ2n) is 5.45. The van der Waals surface area contributed by atoms with Crippen molar-refractivity contribution < 1.29 is 9.32 Å². The fourth-order valence-corrected chi connectivity index (χ4v) is 2.55. The molecule has 24 heavy (non-hydrogen) atoms. The van der Waals surface area contributed by atoms with Crippen LogP contribution in [0.1, 0.15) is 34.8 Å². The highest BCUT2D eigenvalue weighted by Crippen LogP contribution is 2.26. The number of benzene rings is 2. The summed E-state index contributed by atoms with van der Waals surface area (Å²) >= 11 is 6.14. The molecule has 1 aromatic heterocycles. The van der Waals surface area contributed by atoms with Crippen molar-refractivity contribution in [1.29, 1.82) is 0 Å². The lowest BCUT2D eigenvalue weighted by Gasteiger charge is -2.11. The van der Waals surface area contributed by atoms with Gasteiger partial charge in [-0.1, -0.05) is 47.1 Å². The Bertz CT molecular complexity index is 876. The van der Waals surface area contributed by atoms with Crippen molar-refractivity contribution in [1.82, 2.24) is 15.5 Å². The van der Waals surface area contributed by atoms with E-state index < -0.39 is 6.04 Å². The summed E-state index contributed by atoms with van der Waals surface area (Å²) in [6.45, 7) is 3.68. The van der Waals surface area contributed by atoms with Crippen LogP contribution in [0.2, 0.25) is 5.02 Å². The number of amides is 1. The summed E-state index contributed by atoms with van der Waals surface area (Å²) in [6.07, 6.45) is 0. The molecule has 0 saturated heterocycles. The quantitative estimate of drug-likeness (QED) is 0.772. The second kappa shape index (κ2) is 6.84. The van der Waals surface area contributed by atoms with Gasteiger partial charge in [0.2, 0.25) is 11.7 Å². The van der Waals surface area contributed by atoms with Gasteiger partial charge < -0.3 is 9.84 Å². The third kappa shape index (κ3) is 3.31. The average Bonchev–Trinajstić information content (AvgIpc) is 3.05. The SMILES string of the molecule is Cc1ccccc1C(=O)NC(C)c1nc(-c2ccccc2Cl)no1. The van der Waals surface area contributed by atoms with Crippen molar-refractivity contribution in [2.75, 3.05) is 0 Å². The first-order chi connectivity index (χ1) is 11.6. The molecule has 0 aliphatic rings. The van der Waals surface area contributed by atoms with Crippen molar-refractivity contribution >= 4 is 17.5 Å². The number of carbonyl (C=O) groups is 1. The Kier molecular flexibility index (Phi) is 4.62. The summed E-state index contributed by atoms with van der Waals surface area (Å²) in [6, 6.07) is 14.2. The molecule has 2 aromatic carbocycles. The molecular weight excluding hydrogens is 326 g/mol. The summed E-state index contributed by atoms with van der Waals surface area (Å²) in [5, 5.41) is 7.35. The number of hydrogen-bond acceptors (Lipinski definition) is 4. The number of carbonyl (C=O) groups excluding carboxylic acids is 1. The van der Waals surface area contributed by atoms with Gasteiger partial charge in [0.15, 0.2) is 0 Å². The fraction of sp³-hybridized carbons (Fsp3) is 0.167. The molecule has 0 bridgehead atoms. The molecule has 5 nitrogen and oxygen atoms in total. The van der Waals surface area contributed by atoms with Gasteiger partial charge >= 0.3 is 0 Å². The maximum absolute atomic E-state index is 12.4. The molecule has 0 radical (unpaired) electrons. The minimum Gasteiger partial charge on any atom is -0.341 e. The third-order valence-electron chi connectivity index (χ3n) is 3.66. The van der Waals surface area contributed by atoms with Crippen LogP contribution in [0, 0.1) is 6.92 Å². The smallest absolute Gasteiger partial charge is 0.252 e. The van der Waals surface area contributed by atoms with Crippen molar-refractivity contribution in [3.8, 4) is 11.4 Å². The Morgan fingerprint density at radius 3 is 2.62 bits per heavy atom. The molecule has 0 aliphatic heterocycles. The molecule has 122 valence electrons. The van der Waals surface area contributed by atoms with Gasteiger partial charge in [-0.05, 0) is 37.6 Å². The Hall–Kier alpha value is -2.66. The summed E-state index contributed by atoms with van der Waals surface area (Å²) in [5.74, 6) is 0.539. The molecule has 0 saturated carbocycles. The van der Waals surface area contributed by atoms with E-state index in [-0.39, 0.29) is 5.91 Å². The molecule has 3 rings (SSSR count). The number of nitrogens with one attached hydrogen (secondary N) is 1. The van der Waals surface area contributed by atoms with Crippen LogP contribution in [0.4, 0.5) is 0 Å². The Labute approximate surface area is 144 Å². The first-order valence-electron chi connectivity index (χ1n) is 7.51. The number of rotatable bonds is 4. The van der Waals surface area contributed by atoms with Crippen molar-refractivity contribution in [2.45, 2.75) is 19.9 Å². The van der Waals surface area contributed by atoms with Gasteiger partial charge in [-0.3, -0.25) is 4.79 Å². The molecule has 6 heteroatoms. The Balaban J connectivity index is 1.77. The molecule has 1 unspecified atom stereocenters.